The van der Waals surface area contributed by atoms with Crippen LogP contribution in [0.1, 0.15) is 30.1 Å². The van der Waals surface area contributed by atoms with E-state index in [4.69, 9.17) is 10.6 Å². The van der Waals surface area contributed by atoms with E-state index in [0.717, 1.165) is 12.8 Å². The fraction of sp³-hybridized carbons (Fsp3) is 0.462. The Labute approximate surface area is 121 Å². The Bertz CT molecular complexity index is 543. The minimum absolute atomic E-state index is 0.0260. The maximum absolute atomic E-state index is 12.3. The van der Waals surface area contributed by atoms with E-state index in [-0.39, 0.29) is 23.4 Å². The zero-order chi connectivity index (χ0) is 15.4. The van der Waals surface area contributed by atoms with E-state index in [0.29, 0.717) is 12.3 Å². The van der Waals surface area contributed by atoms with E-state index in [1.807, 2.05) is 6.92 Å². The summed E-state index contributed by atoms with van der Waals surface area (Å²) in [4.78, 5) is 22.5. The number of nitrogens with one attached hydrogen (secondary N) is 2. The lowest BCUT2D eigenvalue weighted by Crippen LogP contribution is -2.41. The maximum Gasteiger partial charge on any atom is 0.270 e. The molecule has 4 N–H and O–H groups in total. The van der Waals surface area contributed by atoms with E-state index < -0.39 is 10.8 Å². The summed E-state index contributed by atoms with van der Waals surface area (Å²) >= 11 is 0. The Morgan fingerprint density at radius 1 is 1.57 bits per heavy atom. The third-order valence-corrected chi connectivity index (χ3v) is 3.50. The molecule has 1 aliphatic heterocycles. The fourth-order valence-electron chi connectivity index (χ4n) is 2.33. The number of carbonyl (C=O) groups excluding carboxylic acids is 1. The Balaban J connectivity index is 2.16. The Morgan fingerprint density at radius 3 is 2.90 bits per heavy atom. The molecule has 1 aromatic rings. The summed E-state index contributed by atoms with van der Waals surface area (Å²) in [7, 11) is 0. The van der Waals surface area contributed by atoms with Crippen molar-refractivity contribution < 1.29 is 14.5 Å². The van der Waals surface area contributed by atoms with Crippen molar-refractivity contribution in [1.29, 1.82) is 0 Å². The van der Waals surface area contributed by atoms with Crippen molar-refractivity contribution in [2.45, 2.75) is 31.9 Å². The van der Waals surface area contributed by atoms with Crippen molar-refractivity contribution in [2.24, 2.45) is 5.84 Å². The molecule has 0 bridgehead atoms. The number of anilines is 1. The number of nitrogens with two attached hydrogens (primary N) is 1. The van der Waals surface area contributed by atoms with Crippen molar-refractivity contribution in [1.82, 2.24) is 5.32 Å². The number of carbonyl (C=O) groups is 1. The van der Waals surface area contributed by atoms with Crippen molar-refractivity contribution in [3.8, 4) is 0 Å². The highest BCUT2D eigenvalue weighted by Gasteiger charge is 2.25. The number of rotatable bonds is 5. The fourth-order valence-corrected chi connectivity index (χ4v) is 2.33. The van der Waals surface area contributed by atoms with Crippen LogP contribution in [0.2, 0.25) is 0 Å². The smallest absolute Gasteiger partial charge is 0.270 e. The predicted molar refractivity (Wildman–Crippen MR) is 76.8 cm³/mol. The molecule has 1 fully saturated rings. The average molecular weight is 294 g/mol. The summed E-state index contributed by atoms with van der Waals surface area (Å²) in [6.07, 6.45) is 1.83. The molecule has 8 nitrogen and oxygen atoms in total. The molecular formula is C13H18N4O4. The second kappa shape index (κ2) is 6.51. The van der Waals surface area contributed by atoms with Crippen LogP contribution in [0.3, 0.4) is 0 Å². The molecule has 2 unspecified atom stereocenters. The van der Waals surface area contributed by atoms with Gasteiger partial charge in [0.1, 0.15) is 0 Å². The van der Waals surface area contributed by atoms with Gasteiger partial charge >= 0.3 is 0 Å². The zero-order valence-corrected chi connectivity index (χ0v) is 11.7. The third kappa shape index (κ3) is 3.47. The largest absolute Gasteiger partial charge is 0.376 e. The van der Waals surface area contributed by atoms with Crippen LogP contribution in [-0.4, -0.2) is 29.6 Å². The van der Waals surface area contributed by atoms with Gasteiger partial charge in [-0.2, -0.15) is 0 Å². The lowest BCUT2D eigenvalue weighted by molar-refractivity contribution is -0.384. The quantitative estimate of drug-likeness (QED) is 0.426. The van der Waals surface area contributed by atoms with E-state index in [1.54, 1.807) is 0 Å². The SMILES string of the molecule is CC(NC(=O)c1cc([N+](=O)[O-])ccc1NN)C1CCCO1. The van der Waals surface area contributed by atoms with Crippen molar-refractivity contribution in [2.75, 3.05) is 12.0 Å². The molecular weight excluding hydrogens is 276 g/mol. The highest BCUT2D eigenvalue weighted by atomic mass is 16.6. The minimum Gasteiger partial charge on any atom is -0.376 e. The summed E-state index contributed by atoms with van der Waals surface area (Å²) < 4.78 is 5.51. The number of nitrogen functional groups attached to an aromatic ring is 1. The van der Waals surface area contributed by atoms with Crippen molar-refractivity contribution >= 4 is 17.3 Å². The lowest BCUT2D eigenvalue weighted by Gasteiger charge is -2.20. The maximum atomic E-state index is 12.3. The van der Waals surface area contributed by atoms with Gasteiger partial charge in [-0.3, -0.25) is 20.8 Å². The highest BCUT2D eigenvalue weighted by Crippen LogP contribution is 2.22. The second-order valence-corrected chi connectivity index (χ2v) is 4.94. The monoisotopic (exact) mass is 294 g/mol. The number of nitro groups is 1. The molecule has 1 aromatic carbocycles. The first-order chi connectivity index (χ1) is 10.0. The van der Waals surface area contributed by atoms with Gasteiger partial charge in [0.05, 0.1) is 28.3 Å². The highest BCUT2D eigenvalue weighted by molar-refractivity contribution is 6.00. The van der Waals surface area contributed by atoms with Gasteiger partial charge in [-0.15, -0.1) is 0 Å². The summed E-state index contributed by atoms with van der Waals surface area (Å²) in [6.45, 7) is 2.54. The molecule has 0 radical (unpaired) electrons. The Morgan fingerprint density at radius 2 is 2.33 bits per heavy atom. The standard InChI is InChI=1S/C13H18N4O4/c1-8(12-3-2-6-21-12)15-13(18)10-7-9(17(19)20)4-5-11(10)16-14/h4-5,7-8,12,16H,2-3,6,14H2,1H3,(H,15,18). The van der Waals surface area contributed by atoms with Crippen LogP contribution in [-0.2, 0) is 4.74 Å². The van der Waals surface area contributed by atoms with Gasteiger partial charge in [0.2, 0.25) is 0 Å². The number of non-ortho nitro benzene ring substituents is 1. The first kappa shape index (κ1) is 15.2. The normalized spacial score (nSPS) is 19.0. The molecule has 114 valence electrons. The molecule has 21 heavy (non-hydrogen) atoms. The molecule has 8 heteroatoms. The Kier molecular flexibility index (Phi) is 4.71. The molecule has 1 saturated heterocycles. The van der Waals surface area contributed by atoms with E-state index in [1.165, 1.54) is 18.2 Å². The second-order valence-electron chi connectivity index (χ2n) is 4.94. The summed E-state index contributed by atoms with van der Waals surface area (Å²) in [6, 6.07) is 3.72. The molecule has 1 amide bonds. The van der Waals surface area contributed by atoms with Crippen molar-refractivity contribution in [3.63, 3.8) is 0 Å². The van der Waals surface area contributed by atoms with Crippen LogP contribution in [0.5, 0.6) is 0 Å². The van der Waals surface area contributed by atoms with Crippen LogP contribution in [0, 0.1) is 10.1 Å². The average Bonchev–Trinajstić information content (AvgIpc) is 3.00. The third-order valence-electron chi connectivity index (χ3n) is 3.50. The number of amides is 1. The van der Waals surface area contributed by atoms with Crippen LogP contribution in [0.25, 0.3) is 0 Å². The van der Waals surface area contributed by atoms with Gasteiger partial charge in [-0.1, -0.05) is 0 Å². The van der Waals surface area contributed by atoms with E-state index in [2.05, 4.69) is 10.7 Å². The molecule has 2 atom stereocenters. The molecule has 0 saturated carbocycles. The molecule has 0 spiro atoms. The number of nitro benzene ring substituents is 1. The van der Waals surface area contributed by atoms with Gasteiger partial charge in [-0.25, -0.2) is 0 Å². The van der Waals surface area contributed by atoms with Gasteiger partial charge in [0.25, 0.3) is 11.6 Å². The first-order valence-corrected chi connectivity index (χ1v) is 6.70. The summed E-state index contributed by atoms with van der Waals surface area (Å²) in [5.74, 6) is 4.92. The first-order valence-electron chi connectivity index (χ1n) is 6.70. The van der Waals surface area contributed by atoms with Gasteiger partial charge in [-0.05, 0) is 25.8 Å². The van der Waals surface area contributed by atoms with Gasteiger partial charge < -0.3 is 15.5 Å². The molecule has 0 aromatic heterocycles. The molecule has 0 aliphatic carbocycles. The number of benzene rings is 1. The predicted octanol–water partition coefficient (Wildman–Crippen LogP) is 1.18. The molecule has 1 heterocycles. The summed E-state index contributed by atoms with van der Waals surface area (Å²) in [5, 5.41) is 13.6. The lowest BCUT2D eigenvalue weighted by atomic mass is 10.1. The van der Waals surface area contributed by atoms with Crippen LogP contribution >= 0.6 is 0 Å². The number of ether oxygens (including phenoxy) is 1. The van der Waals surface area contributed by atoms with Gasteiger partial charge in [0.15, 0.2) is 0 Å². The van der Waals surface area contributed by atoms with E-state index in [9.17, 15) is 14.9 Å². The number of hydrazine groups is 1. The van der Waals surface area contributed by atoms with Crippen LogP contribution < -0.4 is 16.6 Å². The molecule has 2 rings (SSSR count). The van der Waals surface area contributed by atoms with Crippen molar-refractivity contribution in [3.05, 3.63) is 33.9 Å². The zero-order valence-electron chi connectivity index (χ0n) is 11.7. The van der Waals surface area contributed by atoms with E-state index >= 15 is 0 Å². The molecule has 1 aliphatic rings. The summed E-state index contributed by atoms with van der Waals surface area (Å²) in [5.41, 5.74) is 2.67. The topological polar surface area (TPSA) is 120 Å². The number of hydrogen-bond donors (Lipinski definition) is 3. The Hall–Kier alpha value is -2.19. The minimum atomic E-state index is -0.555. The van der Waals surface area contributed by atoms with Crippen LogP contribution in [0.15, 0.2) is 18.2 Å². The number of nitrogens with zero attached hydrogens (tertiary/aromatic N) is 1. The number of hydrogen-bond acceptors (Lipinski definition) is 6. The van der Waals surface area contributed by atoms with Crippen LogP contribution in [0.4, 0.5) is 11.4 Å². The van der Waals surface area contributed by atoms with Gasteiger partial charge in [0, 0.05) is 18.7 Å².